The van der Waals surface area contributed by atoms with Crippen LogP contribution in [0.1, 0.15) is 32.9 Å². The standard InChI is InChI=1S/C22H23FN4O2/c1-22(2,3)29-21(28)27-11-8-14(9-12-27)18-13-16-15(7-10-24-20(16)26-18)17-5-4-6-19(23)25-17/h4-8,10,13H,9,11-12H2,1-3H3,(H,24,26). The van der Waals surface area contributed by atoms with Gasteiger partial charge in [-0.25, -0.2) is 14.8 Å². The molecule has 0 saturated heterocycles. The van der Waals surface area contributed by atoms with Crippen molar-refractivity contribution in [2.45, 2.75) is 32.8 Å². The van der Waals surface area contributed by atoms with Gasteiger partial charge in [0.05, 0.1) is 5.69 Å². The summed E-state index contributed by atoms with van der Waals surface area (Å²) < 4.78 is 19.0. The Morgan fingerprint density at radius 3 is 2.79 bits per heavy atom. The van der Waals surface area contributed by atoms with Crippen LogP contribution in [-0.4, -0.2) is 44.6 Å². The van der Waals surface area contributed by atoms with Crippen molar-refractivity contribution >= 4 is 22.7 Å². The highest BCUT2D eigenvalue weighted by Gasteiger charge is 2.24. The predicted molar refractivity (Wildman–Crippen MR) is 110 cm³/mol. The van der Waals surface area contributed by atoms with Crippen LogP contribution in [0.3, 0.4) is 0 Å². The van der Waals surface area contributed by atoms with Gasteiger partial charge in [-0.3, -0.25) is 0 Å². The molecule has 7 heteroatoms. The molecule has 0 atom stereocenters. The molecule has 0 saturated carbocycles. The molecule has 0 radical (unpaired) electrons. The highest BCUT2D eigenvalue weighted by Crippen LogP contribution is 2.31. The van der Waals surface area contributed by atoms with Gasteiger partial charge in [0.1, 0.15) is 11.2 Å². The molecule has 0 unspecified atom stereocenters. The lowest BCUT2D eigenvalue weighted by atomic mass is 10.0. The summed E-state index contributed by atoms with van der Waals surface area (Å²) in [5, 5.41) is 0.885. The lowest BCUT2D eigenvalue weighted by molar-refractivity contribution is 0.0270. The molecule has 1 amide bonds. The van der Waals surface area contributed by atoms with Gasteiger partial charge in [-0.15, -0.1) is 0 Å². The monoisotopic (exact) mass is 394 g/mol. The smallest absolute Gasteiger partial charge is 0.410 e. The van der Waals surface area contributed by atoms with Crippen LogP contribution in [0, 0.1) is 5.95 Å². The molecule has 0 aliphatic carbocycles. The summed E-state index contributed by atoms with van der Waals surface area (Å²) in [4.78, 5) is 25.7. The summed E-state index contributed by atoms with van der Waals surface area (Å²) in [5.41, 5.74) is 3.66. The molecular formula is C22H23FN4O2. The largest absolute Gasteiger partial charge is 0.444 e. The Bertz CT molecular complexity index is 1100. The quantitative estimate of drug-likeness (QED) is 0.635. The molecule has 3 aromatic heterocycles. The van der Waals surface area contributed by atoms with E-state index in [0.717, 1.165) is 27.9 Å². The SMILES string of the molecule is CC(C)(C)OC(=O)N1CC=C(c2cc3c(-c4cccc(F)n4)ccnc3[nH]2)CC1. The third kappa shape index (κ3) is 4.13. The topological polar surface area (TPSA) is 71.1 Å². The summed E-state index contributed by atoms with van der Waals surface area (Å²) in [5.74, 6) is -0.513. The van der Waals surface area contributed by atoms with E-state index < -0.39 is 11.5 Å². The van der Waals surface area contributed by atoms with Crippen molar-refractivity contribution in [1.82, 2.24) is 19.9 Å². The van der Waals surface area contributed by atoms with E-state index in [1.807, 2.05) is 39.0 Å². The van der Waals surface area contributed by atoms with E-state index in [4.69, 9.17) is 4.74 Å². The number of aromatic nitrogens is 3. The molecule has 1 aliphatic rings. The number of rotatable bonds is 2. The fourth-order valence-corrected chi connectivity index (χ4v) is 3.39. The van der Waals surface area contributed by atoms with Crippen LogP contribution in [0.5, 0.6) is 0 Å². The third-order valence-corrected chi connectivity index (χ3v) is 4.73. The number of halogens is 1. The number of hydrogen-bond acceptors (Lipinski definition) is 4. The van der Waals surface area contributed by atoms with Gasteiger partial charge in [0.2, 0.25) is 5.95 Å². The Kier molecular flexibility index (Phi) is 4.82. The third-order valence-electron chi connectivity index (χ3n) is 4.73. The summed E-state index contributed by atoms with van der Waals surface area (Å²) in [6, 6.07) is 8.60. The molecule has 1 N–H and O–H groups in total. The second-order valence-corrected chi connectivity index (χ2v) is 8.06. The number of H-pyrrole nitrogens is 1. The normalized spacial score (nSPS) is 14.8. The highest BCUT2D eigenvalue weighted by molar-refractivity contribution is 5.94. The van der Waals surface area contributed by atoms with E-state index in [2.05, 4.69) is 15.0 Å². The molecule has 4 rings (SSSR count). The fourth-order valence-electron chi connectivity index (χ4n) is 3.39. The number of amides is 1. The molecule has 150 valence electrons. The number of carbonyl (C=O) groups excluding carboxylic acids is 1. The number of pyridine rings is 2. The van der Waals surface area contributed by atoms with E-state index in [1.165, 1.54) is 6.07 Å². The zero-order chi connectivity index (χ0) is 20.6. The molecule has 0 fully saturated rings. The number of nitrogens with zero attached hydrogens (tertiary/aromatic N) is 3. The van der Waals surface area contributed by atoms with E-state index in [9.17, 15) is 9.18 Å². The molecule has 0 bridgehead atoms. The molecule has 0 aromatic carbocycles. The Balaban J connectivity index is 1.60. The van der Waals surface area contributed by atoms with E-state index >= 15 is 0 Å². The molecule has 1 aliphatic heterocycles. The summed E-state index contributed by atoms with van der Waals surface area (Å²) in [7, 11) is 0. The van der Waals surface area contributed by atoms with Gasteiger partial charge >= 0.3 is 6.09 Å². The Morgan fingerprint density at radius 2 is 2.10 bits per heavy atom. The summed E-state index contributed by atoms with van der Waals surface area (Å²) >= 11 is 0. The van der Waals surface area contributed by atoms with Crippen molar-refractivity contribution < 1.29 is 13.9 Å². The van der Waals surface area contributed by atoms with Gasteiger partial charge in [-0.05, 0) is 57.0 Å². The molecule has 6 nitrogen and oxygen atoms in total. The minimum Gasteiger partial charge on any atom is -0.444 e. The van der Waals surface area contributed by atoms with Gasteiger partial charge in [-0.2, -0.15) is 4.39 Å². The van der Waals surface area contributed by atoms with E-state index in [0.29, 0.717) is 25.2 Å². The maximum Gasteiger partial charge on any atom is 0.410 e. The lowest BCUT2D eigenvalue weighted by Crippen LogP contribution is -2.39. The lowest BCUT2D eigenvalue weighted by Gasteiger charge is -2.29. The number of nitrogens with one attached hydrogen (secondary N) is 1. The first-order valence-electron chi connectivity index (χ1n) is 9.58. The minimum absolute atomic E-state index is 0.300. The summed E-state index contributed by atoms with van der Waals surface area (Å²) in [6.07, 6.45) is 4.12. The number of carbonyl (C=O) groups is 1. The van der Waals surface area contributed by atoms with Crippen LogP contribution >= 0.6 is 0 Å². The Hall–Kier alpha value is -3.22. The first kappa shape index (κ1) is 19.1. The van der Waals surface area contributed by atoms with Crippen LogP contribution in [0.15, 0.2) is 42.6 Å². The first-order valence-corrected chi connectivity index (χ1v) is 9.58. The van der Waals surface area contributed by atoms with Crippen molar-refractivity contribution in [3.8, 4) is 11.3 Å². The second-order valence-electron chi connectivity index (χ2n) is 8.06. The van der Waals surface area contributed by atoms with Gasteiger partial charge in [-0.1, -0.05) is 12.1 Å². The maximum atomic E-state index is 13.6. The van der Waals surface area contributed by atoms with Crippen molar-refractivity contribution in [1.29, 1.82) is 0 Å². The average Bonchev–Trinajstić information content (AvgIpc) is 3.11. The van der Waals surface area contributed by atoms with Crippen LogP contribution in [0.2, 0.25) is 0 Å². The number of aromatic amines is 1. The molecule has 29 heavy (non-hydrogen) atoms. The van der Waals surface area contributed by atoms with Gasteiger partial charge in [0, 0.05) is 35.9 Å². The molecule has 3 aromatic rings. The van der Waals surface area contributed by atoms with Crippen molar-refractivity contribution in [2.24, 2.45) is 0 Å². The summed E-state index contributed by atoms with van der Waals surface area (Å²) in [6.45, 7) is 6.66. The van der Waals surface area contributed by atoms with Crippen molar-refractivity contribution in [2.75, 3.05) is 13.1 Å². The molecular weight excluding hydrogens is 371 g/mol. The van der Waals surface area contributed by atoms with Crippen LogP contribution in [0.4, 0.5) is 9.18 Å². The average molecular weight is 394 g/mol. The predicted octanol–water partition coefficient (Wildman–Crippen LogP) is 4.79. The first-order chi connectivity index (χ1) is 13.8. The maximum absolute atomic E-state index is 13.6. The van der Waals surface area contributed by atoms with Gasteiger partial charge in [0.25, 0.3) is 0 Å². The Morgan fingerprint density at radius 1 is 1.28 bits per heavy atom. The number of hydrogen-bond donors (Lipinski definition) is 1. The molecule has 4 heterocycles. The zero-order valence-corrected chi connectivity index (χ0v) is 16.7. The van der Waals surface area contributed by atoms with E-state index in [-0.39, 0.29) is 6.09 Å². The Labute approximate surface area is 168 Å². The van der Waals surface area contributed by atoms with E-state index in [1.54, 1.807) is 23.2 Å². The van der Waals surface area contributed by atoms with Gasteiger partial charge in [0.15, 0.2) is 0 Å². The number of ether oxygens (including phenoxy) is 1. The van der Waals surface area contributed by atoms with Crippen molar-refractivity contribution in [3.05, 3.63) is 54.2 Å². The van der Waals surface area contributed by atoms with Crippen molar-refractivity contribution in [3.63, 3.8) is 0 Å². The minimum atomic E-state index is -0.513. The van der Waals surface area contributed by atoms with Crippen LogP contribution in [0.25, 0.3) is 27.9 Å². The zero-order valence-electron chi connectivity index (χ0n) is 16.7. The second kappa shape index (κ2) is 7.31. The highest BCUT2D eigenvalue weighted by atomic mass is 19.1. The van der Waals surface area contributed by atoms with Gasteiger partial charge < -0.3 is 14.6 Å². The molecule has 0 spiro atoms. The van der Waals surface area contributed by atoms with Crippen LogP contribution in [-0.2, 0) is 4.74 Å². The van der Waals surface area contributed by atoms with Crippen LogP contribution < -0.4 is 0 Å². The fraction of sp³-hybridized carbons (Fsp3) is 0.318. The number of fused-ring (bicyclic) bond motifs is 1.